The molecule has 3 unspecified atom stereocenters. The molecule has 0 saturated carbocycles. The molecule has 1 saturated heterocycles. The van der Waals surface area contributed by atoms with Crippen molar-refractivity contribution in [1.82, 2.24) is 0 Å². The fourth-order valence-corrected chi connectivity index (χ4v) is 1.78. The molecule has 0 bridgehead atoms. The summed E-state index contributed by atoms with van der Waals surface area (Å²) < 4.78 is 10.7. The lowest BCUT2D eigenvalue weighted by Gasteiger charge is -2.23. The SMILES string of the molecule is CC1=CCC(C)OC1.CC1CCC(C)OC1. The van der Waals surface area contributed by atoms with E-state index < -0.39 is 0 Å². The predicted molar refractivity (Wildman–Crippen MR) is 67.6 cm³/mol. The van der Waals surface area contributed by atoms with Crippen molar-refractivity contribution in [3.8, 4) is 0 Å². The molecule has 0 amide bonds. The third kappa shape index (κ3) is 5.66. The van der Waals surface area contributed by atoms with E-state index in [1.807, 2.05) is 0 Å². The Morgan fingerprint density at radius 2 is 1.81 bits per heavy atom. The summed E-state index contributed by atoms with van der Waals surface area (Å²) in [6, 6.07) is 0. The van der Waals surface area contributed by atoms with Crippen LogP contribution < -0.4 is 0 Å². The molecule has 3 atom stereocenters. The summed E-state index contributed by atoms with van der Waals surface area (Å²) in [7, 11) is 0. The van der Waals surface area contributed by atoms with Crippen LogP contribution in [0.4, 0.5) is 0 Å². The van der Waals surface area contributed by atoms with Gasteiger partial charge in [0.05, 0.1) is 18.8 Å². The number of rotatable bonds is 0. The first-order chi connectivity index (χ1) is 7.58. The third-order valence-electron chi connectivity index (χ3n) is 3.13. The van der Waals surface area contributed by atoms with Gasteiger partial charge in [-0.15, -0.1) is 0 Å². The largest absolute Gasteiger partial charge is 0.378 e. The van der Waals surface area contributed by atoms with Crippen LogP contribution in [0.5, 0.6) is 0 Å². The molecule has 0 radical (unpaired) electrons. The molecule has 94 valence electrons. The zero-order valence-corrected chi connectivity index (χ0v) is 11.2. The summed E-state index contributed by atoms with van der Waals surface area (Å²) in [5.74, 6) is 0.797. The first kappa shape index (κ1) is 13.7. The highest BCUT2D eigenvalue weighted by atomic mass is 16.5. The van der Waals surface area contributed by atoms with Crippen LogP contribution in [0.1, 0.15) is 47.0 Å². The van der Waals surface area contributed by atoms with E-state index in [-0.39, 0.29) is 0 Å². The lowest BCUT2D eigenvalue weighted by Crippen LogP contribution is -2.21. The maximum Gasteiger partial charge on any atom is 0.0677 e. The molecular formula is C14H26O2. The molecule has 2 aliphatic rings. The molecule has 0 spiro atoms. The van der Waals surface area contributed by atoms with Crippen LogP contribution in [0, 0.1) is 5.92 Å². The zero-order chi connectivity index (χ0) is 12.0. The van der Waals surface area contributed by atoms with Gasteiger partial charge in [-0.3, -0.25) is 0 Å². The second-order valence-electron chi connectivity index (χ2n) is 5.23. The van der Waals surface area contributed by atoms with Gasteiger partial charge in [0, 0.05) is 6.61 Å². The Hall–Kier alpha value is -0.340. The summed E-state index contributed by atoms with van der Waals surface area (Å²) in [5.41, 5.74) is 1.36. The minimum Gasteiger partial charge on any atom is -0.378 e. The fraction of sp³-hybridized carbons (Fsp3) is 0.857. The fourth-order valence-electron chi connectivity index (χ4n) is 1.78. The van der Waals surface area contributed by atoms with Crippen molar-refractivity contribution in [1.29, 1.82) is 0 Å². The van der Waals surface area contributed by atoms with Gasteiger partial charge in [-0.05, 0) is 46.0 Å². The molecule has 16 heavy (non-hydrogen) atoms. The molecule has 0 aromatic rings. The summed E-state index contributed by atoms with van der Waals surface area (Å²) in [4.78, 5) is 0. The predicted octanol–water partition coefficient (Wildman–Crippen LogP) is 3.56. The maximum atomic E-state index is 5.39. The van der Waals surface area contributed by atoms with Crippen molar-refractivity contribution in [2.45, 2.75) is 59.2 Å². The second-order valence-corrected chi connectivity index (χ2v) is 5.23. The molecule has 0 aromatic heterocycles. The van der Waals surface area contributed by atoms with Crippen LogP contribution >= 0.6 is 0 Å². The second kappa shape index (κ2) is 7.08. The van der Waals surface area contributed by atoms with Crippen molar-refractivity contribution in [2.75, 3.05) is 13.2 Å². The van der Waals surface area contributed by atoms with Crippen molar-refractivity contribution in [2.24, 2.45) is 5.92 Å². The van der Waals surface area contributed by atoms with Crippen molar-refractivity contribution < 1.29 is 9.47 Å². The van der Waals surface area contributed by atoms with Crippen LogP contribution in [0.15, 0.2) is 11.6 Å². The maximum absolute atomic E-state index is 5.39. The van der Waals surface area contributed by atoms with Gasteiger partial charge in [0.1, 0.15) is 0 Å². The van der Waals surface area contributed by atoms with Gasteiger partial charge in [0.2, 0.25) is 0 Å². The Bertz CT molecular complexity index is 205. The summed E-state index contributed by atoms with van der Waals surface area (Å²) >= 11 is 0. The monoisotopic (exact) mass is 226 g/mol. The molecule has 0 N–H and O–H groups in total. The standard InChI is InChI=1S/C7H14O.C7H12O/c2*1-6-3-4-7(2)8-5-6/h6-7H,3-5H2,1-2H3;3,7H,4-5H2,1-2H3. The number of hydrogen-bond donors (Lipinski definition) is 0. The van der Waals surface area contributed by atoms with E-state index in [0.717, 1.165) is 25.6 Å². The average Bonchev–Trinajstić information content (AvgIpc) is 2.28. The third-order valence-corrected chi connectivity index (χ3v) is 3.13. The van der Waals surface area contributed by atoms with Gasteiger partial charge < -0.3 is 9.47 Å². The molecule has 2 rings (SSSR count). The molecule has 2 nitrogen and oxygen atoms in total. The van der Waals surface area contributed by atoms with Crippen LogP contribution in [-0.4, -0.2) is 25.4 Å². The quantitative estimate of drug-likeness (QED) is 0.588. The Labute approximate surface area is 100 Å². The van der Waals surface area contributed by atoms with Gasteiger partial charge in [0.15, 0.2) is 0 Å². The van der Waals surface area contributed by atoms with Crippen LogP contribution in [-0.2, 0) is 9.47 Å². The highest BCUT2D eigenvalue weighted by molar-refractivity contribution is 5.01. The van der Waals surface area contributed by atoms with Gasteiger partial charge in [-0.25, -0.2) is 0 Å². The first-order valence-electron chi connectivity index (χ1n) is 6.46. The minimum atomic E-state index is 0.443. The van der Waals surface area contributed by atoms with E-state index in [2.05, 4.69) is 33.8 Å². The Balaban J connectivity index is 0.000000160. The molecule has 0 aliphatic carbocycles. The lowest BCUT2D eigenvalue weighted by molar-refractivity contribution is 0.000267. The van der Waals surface area contributed by atoms with Crippen molar-refractivity contribution in [3.05, 3.63) is 11.6 Å². The molecule has 2 heteroatoms. The molecule has 1 fully saturated rings. The topological polar surface area (TPSA) is 18.5 Å². The van der Waals surface area contributed by atoms with E-state index in [1.54, 1.807) is 0 Å². The number of hydrogen-bond acceptors (Lipinski definition) is 2. The minimum absolute atomic E-state index is 0.443. The Morgan fingerprint density at radius 3 is 2.19 bits per heavy atom. The van der Waals surface area contributed by atoms with Crippen LogP contribution in [0.2, 0.25) is 0 Å². The van der Waals surface area contributed by atoms with E-state index >= 15 is 0 Å². The Morgan fingerprint density at radius 1 is 1.06 bits per heavy atom. The van der Waals surface area contributed by atoms with Crippen LogP contribution in [0.25, 0.3) is 0 Å². The van der Waals surface area contributed by atoms with Crippen molar-refractivity contribution >= 4 is 0 Å². The van der Waals surface area contributed by atoms with E-state index in [4.69, 9.17) is 9.47 Å². The van der Waals surface area contributed by atoms with Gasteiger partial charge in [-0.2, -0.15) is 0 Å². The lowest BCUT2D eigenvalue weighted by atomic mass is 10.0. The summed E-state index contributed by atoms with van der Waals surface area (Å²) in [5, 5.41) is 0. The highest BCUT2D eigenvalue weighted by Gasteiger charge is 2.13. The van der Waals surface area contributed by atoms with Crippen molar-refractivity contribution in [3.63, 3.8) is 0 Å². The van der Waals surface area contributed by atoms with Gasteiger partial charge in [-0.1, -0.05) is 18.6 Å². The van der Waals surface area contributed by atoms with E-state index in [0.29, 0.717) is 12.2 Å². The number of ether oxygens (including phenoxy) is 2. The molecule has 2 aliphatic heterocycles. The average molecular weight is 226 g/mol. The summed E-state index contributed by atoms with van der Waals surface area (Å²) in [6.07, 6.45) is 6.90. The summed E-state index contributed by atoms with van der Waals surface area (Å²) in [6.45, 7) is 10.4. The molecule has 2 heterocycles. The van der Waals surface area contributed by atoms with Gasteiger partial charge in [0.25, 0.3) is 0 Å². The normalized spacial score (nSPS) is 34.8. The zero-order valence-electron chi connectivity index (χ0n) is 11.2. The van der Waals surface area contributed by atoms with Crippen LogP contribution in [0.3, 0.4) is 0 Å². The first-order valence-corrected chi connectivity index (χ1v) is 6.46. The van der Waals surface area contributed by atoms with Gasteiger partial charge >= 0.3 is 0 Å². The molecule has 0 aromatic carbocycles. The Kier molecular flexibility index (Phi) is 6.07. The van der Waals surface area contributed by atoms with E-state index in [1.165, 1.54) is 18.4 Å². The molecular weight excluding hydrogens is 200 g/mol. The highest BCUT2D eigenvalue weighted by Crippen LogP contribution is 2.16. The van der Waals surface area contributed by atoms with E-state index in [9.17, 15) is 0 Å². The smallest absolute Gasteiger partial charge is 0.0677 e.